The average Bonchev–Trinajstić information content (AvgIpc) is 2.71. The van der Waals surface area contributed by atoms with Crippen LogP contribution in [0.25, 0.3) is 0 Å². The molecule has 2 rings (SSSR count). The minimum absolute atomic E-state index is 0.126. The lowest BCUT2D eigenvalue weighted by Crippen LogP contribution is -2.50. The first-order valence-corrected chi connectivity index (χ1v) is 9.35. The van der Waals surface area contributed by atoms with E-state index in [9.17, 15) is 4.79 Å². The predicted molar refractivity (Wildman–Crippen MR) is 93.7 cm³/mol. The lowest BCUT2D eigenvalue weighted by atomic mass is 10.0. The Morgan fingerprint density at radius 3 is 2.61 bits per heavy atom. The van der Waals surface area contributed by atoms with E-state index >= 15 is 0 Å². The Labute approximate surface area is 143 Å². The first-order chi connectivity index (χ1) is 10.8. The van der Waals surface area contributed by atoms with Crippen LogP contribution in [0.1, 0.15) is 63.4 Å². The Balaban J connectivity index is 1.93. The second-order valence-corrected chi connectivity index (χ2v) is 8.18. The molecule has 2 atom stereocenters. The maximum absolute atomic E-state index is 12.1. The maximum atomic E-state index is 12.1. The number of thiazole rings is 1. The number of rotatable bonds is 4. The van der Waals surface area contributed by atoms with E-state index in [-0.39, 0.29) is 18.2 Å². The Kier molecular flexibility index (Phi) is 6.41. The van der Waals surface area contributed by atoms with Crippen molar-refractivity contribution in [1.29, 1.82) is 0 Å². The fourth-order valence-corrected chi connectivity index (χ4v) is 3.63. The zero-order chi connectivity index (χ0) is 16.9. The van der Waals surface area contributed by atoms with Gasteiger partial charge in [-0.15, -0.1) is 11.3 Å². The highest BCUT2D eigenvalue weighted by Gasteiger charge is 2.27. The monoisotopic (exact) mass is 339 g/mol. The maximum Gasteiger partial charge on any atom is 0.407 e. The van der Waals surface area contributed by atoms with Gasteiger partial charge in [-0.2, -0.15) is 0 Å². The minimum atomic E-state index is -0.461. The second kappa shape index (κ2) is 8.11. The summed E-state index contributed by atoms with van der Waals surface area (Å²) in [5.74, 6) is 0. The van der Waals surface area contributed by atoms with E-state index < -0.39 is 5.60 Å². The molecular formula is C17H29N3O2S. The van der Waals surface area contributed by atoms with Crippen LogP contribution in [0, 0.1) is 6.92 Å². The van der Waals surface area contributed by atoms with Gasteiger partial charge >= 0.3 is 6.09 Å². The van der Waals surface area contributed by atoms with Crippen LogP contribution in [0.15, 0.2) is 5.51 Å². The molecule has 0 aliphatic heterocycles. The lowest BCUT2D eigenvalue weighted by molar-refractivity contribution is 0.0489. The number of hydrogen-bond donors (Lipinski definition) is 2. The van der Waals surface area contributed by atoms with Crippen molar-refractivity contribution in [2.75, 3.05) is 0 Å². The van der Waals surface area contributed by atoms with Crippen LogP contribution in [0.3, 0.4) is 0 Å². The zero-order valence-electron chi connectivity index (χ0n) is 14.6. The molecule has 5 nitrogen and oxygen atoms in total. The number of nitrogens with one attached hydrogen (secondary N) is 2. The van der Waals surface area contributed by atoms with Crippen LogP contribution >= 0.6 is 11.3 Å². The third-order valence-electron chi connectivity index (χ3n) is 4.09. The van der Waals surface area contributed by atoms with Gasteiger partial charge in [0.15, 0.2) is 0 Å². The number of amides is 1. The van der Waals surface area contributed by atoms with Crippen molar-refractivity contribution in [1.82, 2.24) is 15.6 Å². The summed E-state index contributed by atoms with van der Waals surface area (Å²) in [6.07, 6.45) is 5.34. The molecule has 6 heteroatoms. The molecule has 0 aromatic carbocycles. The fraction of sp³-hybridized carbons (Fsp3) is 0.765. The van der Waals surface area contributed by atoms with Crippen molar-refractivity contribution in [2.45, 2.75) is 84.0 Å². The molecule has 130 valence electrons. The summed E-state index contributed by atoms with van der Waals surface area (Å²) in [5.41, 5.74) is 2.51. The predicted octanol–water partition coefficient (Wildman–Crippen LogP) is 3.77. The molecular weight excluding hydrogens is 310 g/mol. The molecule has 1 fully saturated rings. The van der Waals surface area contributed by atoms with Gasteiger partial charge in [-0.1, -0.05) is 19.3 Å². The smallest absolute Gasteiger partial charge is 0.407 e. The molecule has 1 aromatic rings. The molecule has 1 saturated carbocycles. The van der Waals surface area contributed by atoms with Crippen LogP contribution in [0.5, 0.6) is 0 Å². The summed E-state index contributed by atoms with van der Waals surface area (Å²) >= 11 is 1.68. The van der Waals surface area contributed by atoms with E-state index in [1.807, 2.05) is 33.2 Å². The van der Waals surface area contributed by atoms with Crippen LogP contribution in [-0.2, 0) is 11.3 Å². The van der Waals surface area contributed by atoms with Gasteiger partial charge in [0.2, 0.25) is 0 Å². The molecule has 1 aromatic heterocycles. The normalized spacial score (nSPS) is 22.4. The number of hydrogen-bond acceptors (Lipinski definition) is 5. The molecule has 2 unspecified atom stereocenters. The van der Waals surface area contributed by atoms with Gasteiger partial charge in [0.1, 0.15) is 5.60 Å². The van der Waals surface area contributed by atoms with E-state index in [2.05, 4.69) is 15.6 Å². The number of aromatic nitrogens is 1. The molecule has 1 aliphatic rings. The highest BCUT2D eigenvalue weighted by atomic mass is 32.1. The molecule has 0 bridgehead atoms. The van der Waals surface area contributed by atoms with Gasteiger partial charge in [-0.05, 0) is 40.5 Å². The van der Waals surface area contributed by atoms with Crippen molar-refractivity contribution < 1.29 is 9.53 Å². The van der Waals surface area contributed by atoms with Crippen LogP contribution < -0.4 is 10.6 Å². The van der Waals surface area contributed by atoms with E-state index in [0.717, 1.165) is 31.5 Å². The van der Waals surface area contributed by atoms with Gasteiger partial charge in [-0.25, -0.2) is 9.78 Å². The third kappa shape index (κ3) is 6.11. The summed E-state index contributed by atoms with van der Waals surface area (Å²) in [7, 11) is 0. The summed E-state index contributed by atoms with van der Waals surface area (Å²) in [6, 6.07) is 0.409. The highest BCUT2D eigenvalue weighted by molar-refractivity contribution is 7.09. The van der Waals surface area contributed by atoms with E-state index in [0.29, 0.717) is 0 Å². The first-order valence-electron chi connectivity index (χ1n) is 8.47. The third-order valence-corrected chi connectivity index (χ3v) is 5.02. The SMILES string of the molecule is Cc1ncsc1CNC1CCCCCC1NC(=O)OC(C)(C)C. The van der Waals surface area contributed by atoms with Crippen molar-refractivity contribution >= 4 is 17.4 Å². The Morgan fingerprint density at radius 2 is 2.00 bits per heavy atom. The topological polar surface area (TPSA) is 63.2 Å². The number of ether oxygens (including phenoxy) is 1. The van der Waals surface area contributed by atoms with E-state index in [4.69, 9.17) is 4.74 Å². The molecule has 0 saturated heterocycles. The van der Waals surface area contributed by atoms with Crippen LogP contribution in [-0.4, -0.2) is 28.8 Å². The number of carbonyl (C=O) groups excluding carboxylic acids is 1. The molecule has 23 heavy (non-hydrogen) atoms. The summed E-state index contributed by atoms with van der Waals surface area (Å²) in [5, 5.41) is 6.70. The number of alkyl carbamates (subject to hydrolysis) is 1. The molecule has 1 aliphatic carbocycles. The van der Waals surface area contributed by atoms with Crippen LogP contribution in [0.2, 0.25) is 0 Å². The van der Waals surface area contributed by atoms with Gasteiger partial charge < -0.3 is 15.4 Å². The van der Waals surface area contributed by atoms with Crippen molar-refractivity contribution in [3.05, 3.63) is 16.1 Å². The highest BCUT2D eigenvalue weighted by Crippen LogP contribution is 2.20. The first kappa shape index (κ1) is 18.2. The average molecular weight is 340 g/mol. The quantitative estimate of drug-likeness (QED) is 0.820. The molecule has 1 amide bonds. The summed E-state index contributed by atoms with van der Waals surface area (Å²) < 4.78 is 5.41. The lowest BCUT2D eigenvalue weighted by Gasteiger charge is -2.28. The number of carbonyl (C=O) groups is 1. The molecule has 1 heterocycles. The zero-order valence-corrected chi connectivity index (χ0v) is 15.5. The standard InChI is InChI=1S/C17H29N3O2S/c1-12-15(23-11-19-12)10-18-13-8-6-5-7-9-14(13)20-16(21)22-17(2,3)4/h11,13-14,18H,5-10H2,1-4H3,(H,20,21). The van der Waals surface area contributed by atoms with Gasteiger partial charge in [-0.3, -0.25) is 0 Å². The van der Waals surface area contributed by atoms with Crippen LogP contribution in [0.4, 0.5) is 4.79 Å². The fourth-order valence-electron chi connectivity index (χ4n) is 2.90. The molecule has 0 radical (unpaired) electrons. The summed E-state index contributed by atoms with van der Waals surface area (Å²) in [6.45, 7) is 8.52. The Bertz CT molecular complexity index is 510. The van der Waals surface area contributed by atoms with Crippen molar-refractivity contribution in [3.63, 3.8) is 0 Å². The summed E-state index contributed by atoms with van der Waals surface area (Å²) in [4.78, 5) is 17.7. The minimum Gasteiger partial charge on any atom is -0.444 e. The van der Waals surface area contributed by atoms with Gasteiger partial charge in [0, 0.05) is 23.5 Å². The molecule has 2 N–H and O–H groups in total. The molecule has 0 spiro atoms. The second-order valence-electron chi connectivity index (χ2n) is 7.24. The number of nitrogens with zero attached hydrogens (tertiary/aromatic N) is 1. The van der Waals surface area contributed by atoms with E-state index in [1.54, 1.807) is 11.3 Å². The van der Waals surface area contributed by atoms with E-state index in [1.165, 1.54) is 17.7 Å². The number of aryl methyl sites for hydroxylation is 1. The van der Waals surface area contributed by atoms with Gasteiger partial charge in [0.25, 0.3) is 0 Å². The van der Waals surface area contributed by atoms with Crippen molar-refractivity contribution in [2.24, 2.45) is 0 Å². The Morgan fingerprint density at radius 1 is 1.30 bits per heavy atom. The van der Waals surface area contributed by atoms with Crippen molar-refractivity contribution in [3.8, 4) is 0 Å². The van der Waals surface area contributed by atoms with Gasteiger partial charge in [0.05, 0.1) is 11.2 Å². The Hall–Kier alpha value is -1.14. The largest absolute Gasteiger partial charge is 0.444 e.